The Morgan fingerprint density at radius 3 is 2.62 bits per heavy atom. The molecule has 1 amide bonds. The van der Waals surface area contributed by atoms with Gasteiger partial charge >= 0.3 is 0 Å². The summed E-state index contributed by atoms with van der Waals surface area (Å²) in [4.78, 5) is 21.1. The van der Waals surface area contributed by atoms with Gasteiger partial charge in [0, 0.05) is 43.7 Å². The van der Waals surface area contributed by atoms with Gasteiger partial charge in [-0.15, -0.1) is 11.3 Å². The highest BCUT2D eigenvalue weighted by Gasteiger charge is 2.24. The number of nitrogens with zero attached hydrogens (tertiary/aromatic N) is 3. The average molecular weight is 371 g/mol. The second kappa shape index (κ2) is 7.39. The highest BCUT2D eigenvalue weighted by atomic mass is 32.1. The largest absolute Gasteiger partial charge is 0.459 e. The van der Waals surface area contributed by atoms with Crippen LogP contribution in [0.15, 0.2) is 52.5 Å². The monoisotopic (exact) mass is 371 g/mol. The van der Waals surface area contributed by atoms with Gasteiger partial charge in [-0.2, -0.15) is 0 Å². The number of piperazine rings is 1. The van der Waals surface area contributed by atoms with Gasteiger partial charge in [0.1, 0.15) is 10.8 Å². The third-order valence-electron chi connectivity index (χ3n) is 4.42. The van der Waals surface area contributed by atoms with Gasteiger partial charge in [-0.05, 0) is 36.4 Å². The normalized spacial score (nSPS) is 15.3. The van der Waals surface area contributed by atoms with Crippen LogP contribution in [-0.4, -0.2) is 46.9 Å². The fraction of sp³-hybridized carbons (Fsp3) is 0.263. The molecule has 0 unspecified atom stereocenters. The number of halogens is 1. The Labute approximate surface area is 154 Å². The third kappa shape index (κ3) is 3.68. The summed E-state index contributed by atoms with van der Waals surface area (Å²) in [6, 6.07) is 9.82. The lowest BCUT2D eigenvalue weighted by atomic mass is 10.2. The Bertz CT molecular complexity index is 869. The Kier molecular flexibility index (Phi) is 4.81. The molecule has 1 aliphatic rings. The van der Waals surface area contributed by atoms with Crippen molar-refractivity contribution in [2.45, 2.75) is 6.54 Å². The highest BCUT2D eigenvalue weighted by Crippen LogP contribution is 2.24. The molecule has 2 aromatic heterocycles. The van der Waals surface area contributed by atoms with Gasteiger partial charge in [-0.3, -0.25) is 9.69 Å². The Balaban J connectivity index is 1.33. The minimum absolute atomic E-state index is 0.0538. The minimum atomic E-state index is -0.243. The molecule has 4 rings (SSSR count). The summed E-state index contributed by atoms with van der Waals surface area (Å²) in [5.41, 5.74) is 1.93. The van der Waals surface area contributed by atoms with Crippen LogP contribution >= 0.6 is 11.3 Å². The summed E-state index contributed by atoms with van der Waals surface area (Å²) >= 11 is 1.56. The molecule has 0 saturated carbocycles. The topological polar surface area (TPSA) is 49.6 Å². The van der Waals surface area contributed by atoms with Gasteiger partial charge in [0.25, 0.3) is 5.91 Å². The molecule has 1 saturated heterocycles. The molecule has 0 radical (unpaired) electrons. The van der Waals surface area contributed by atoms with E-state index in [0.29, 0.717) is 18.8 Å². The maximum absolute atomic E-state index is 13.0. The molecular weight excluding hydrogens is 353 g/mol. The number of hydrogen-bond acceptors (Lipinski definition) is 5. The molecule has 1 aromatic carbocycles. The predicted molar refractivity (Wildman–Crippen MR) is 97.4 cm³/mol. The van der Waals surface area contributed by atoms with Crippen LogP contribution in [-0.2, 0) is 6.54 Å². The first-order valence-corrected chi connectivity index (χ1v) is 9.32. The van der Waals surface area contributed by atoms with E-state index >= 15 is 0 Å². The molecule has 1 aliphatic heterocycles. The van der Waals surface area contributed by atoms with Crippen molar-refractivity contribution in [1.29, 1.82) is 0 Å². The molecule has 0 aliphatic carbocycles. The first kappa shape index (κ1) is 16.9. The smallest absolute Gasteiger partial charge is 0.289 e. The van der Waals surface area contributed by atoms with Crippen LogP contribution in [0.5, 0.6) is 0 Å². The SMILES string of the molecule is O=C(c1ccco1)N1CCN(Cc2csc(-c3ccc(F)cc3)n2)CC1. The van der Waals surface area contributed by atoms with E-state index in [0.717, 1.165) is 35.9 Å². The van der Waals surface area contributed by atoms with E-state index in [-0.39, 0.29) is 11.7 Å². The van der Waals surface area contributed by atoms with Crippen LogP contribution in [0.1, 0.15) is 16.2 Å². The minimum Gasteiger partial charge on any atom is -0.459 e. The molecule has 1 fully saturated rings. The lowest BCUT2D eigenvalue weighted by Crippen LogP contribution is -2.48. The van der Waals surface area contributed by atoms with Gasteiger partial charge in [-0.1, -0.05) is 0 Å². The van der Waals surface area contributed by atoms with Gasteiger partial charge in [0.05, 0.1) is 12.0 Å². The van der Waals surface area contributed by atoms with Crippen LogP contribution in [0.2, 0.25) is 0 Å². The van der Waals surface area contributed by atoms with Crippen LogP contribution < -0.4 is 0 Å². The number of carbonyl (C=O) groups excluding carboxylic acids is 1. The number of thiazole rings is 1. The Morgan fingerprint density at radius 1 is 1.15 bits per heavy atom. The number of aromatic nitrogens is 1. The maximum atomic E-state index is 13.0. The molecule has 5 nitrogen and oxygen atoms in total. The van der Waals surface area contributed by atoms with Gasteiger partial charge in [0.15, 0.2) is 5.76 Å². The summed E-state index contributed by atoms with van der Waals surface area (Å²) in [5.74, 6) is 0.0938. The zero-order valence-electron chi connectivity index (χ0n) is 14.1. The Morgan fingerprint density at radius 2 is 1.92 bits per heavy atom. The van der Waals surface area contributed by atoms with Crippen molar-refractivity contribution < 1.29 is 13.6 Å². The molecule has 3 aromatic rings. The van der Waals surface area contributed by atoms with Crippen LogP contribution in [0.4, 0.5) is 4.39 Å². The number of benzene rings is 1. The summed E-state index contributed by atoms with van der Waals surface area (Å²) in [6.07, 6.45) is 1.52. The number of rotatable bonds is 4. The molecule has 0 N–H and O–H groups in total. The number of amides is 1. The number of hydrogen-bond donors (Lipinski definition) is 0. The molecule has 0 bridgehead atoms. The maximum Gasteiger partial charge on any atom is 0.289 e. The summed E-state index contributed by atoms with van der Waals surface area (Å²) < 4.78 is 18.2. The quantitative estimate of drug-likeness (QED) is 0.704. The van der Waals surface area contributed by atoms with Gasteiger partial charge < -0.3 is 9.32 Å². The van der Waals surface area contributed by atoms with E-state index in [1.165, 1.54) is 18.4 Å². The van der Waals surface area contributed by atoms with Crippen LogP contribution in [0.25, 0.3) is 10.6 Å². The second-order valence-corrected chi connectivity index (χ2v) is 7.05. The molecule has 0 atom stereocenters. The fourth-order valence-corrected chi connectivity index (χ4v) is 3.82. The average Bonchev–Trinajstić information content (AvgIpc) is 3.35. The van der Waals surface area contributed by atoms with E-state index in [1.807, 2.05) is 10.3 Å². The zero-order valence-corrected chi connectivity index (χ0v) is 14.9. The van der Waals surface area contributed by atoms with E-state index in [2.05, 4.69) is 9.88 Å². The van der Waals surface area contributed by atoms with Crippen LogP contribution in [0, 0.1) is 5.82 Å². The van der Waals surface area contributed by atoms with Crippen molar-refractivity contribution in [3.05, 3.63) is 65.3 Å². The lowest BCUT2D eigenvalue weighted by Gasteiger charge is -2.33. The van der Waals surface area contributed by atoms with Gasteiger partial charge in [-0.25, -0.2) is 9.37 Å². The summed E-state index contributed by atoms with van der Waals surface area (Å²) in [6.45, 7) is 3.70. The van der Waals surface area contributed by atoms with Crippen molar-refractivity contribution in [3.8, 4) is 10.6 Å². The predicted octanol–water partition coefficient (Wildman–Crippen LogP) is 3.50. The number of furan rings is 1. The van der Waals surface area contributed by atoms with Crippen molar-refractivity contribution in [2.75, 3.05) is 26.2 Å². The fourth-order valence-electron chi connectivity index (χ4n) is 3.00. The van der Waals surface area contributed by atoms with Gasteiger partial charge in [0.2, 0.25) is 0 Å². The molecule has 7 heteroatoms. The standard InChI is InChI=1S/C19H18FN3O2S/c20-15-5-3-14(4-6-15)18-21-16(13-26-18)12-22-7-9-23(10-8-22)19(24)17-2-1-11-25-17/h1-6,11,13H,7-10,12H2. The van der Waals surface area contributed by atoms with E-state index in [1.54, 1.807) is 35.6 Å². The third-order valence-corrected chi connectivity index (χ3v) is 5.36. The van der Waals surface area contributed by atoms with Crippen LogP contribution in [0.3, 0.4) is 0 Å². The molecule has 3 heterocycles. The number of carbonyl (C=O) groups is 1. The molecular formula is C19H18FN3O2S. The van der Waals surface area contributed by atoms with E-state index < -0.39 is 0 Å². The molecule has 134 valence electrons. The first-order chi connectivity index (χ1) is 12.7. The van der Waals surface area contributed by atoms with E-state index in [4.69, 9.17) is 4.42 Å². The van der Waals surface area contributed by atoms with E-state index in [9.17, 15) is 9.18 Å². The molecule has 0 spiro atoms. The summed E-state index contributed by atoms with van der Waals surface area (Å²) in [7, 11) is 0. The first-order valence-electron chi connectivity index (χ1n) is 8.44. The van der Waals surface area contributed by atoms with Crippen molar-refractivity contribution in [2.24, 2.45) is 0 Å². The Hall–Kier alpha value is -2.51. The van der Waals surface area contributed by atoms with Crippen molar-refractivity contribution in [3.63, 3.8) is 0 Å². The summed E-state index contributed by atoms with van der Waals surface area (Å²) in [5, 5.41) is 2.94. The van der Waals surface area contributed by atoms with Crippen molar-refractivity contribution in [1.82, 2.24) is 14.8 Å². The highest BCUT2D eigenvalue weighted by molar-refractivity contribution is 7.13. The van der Waals surface area contributed by atoms with Crippen molar-refractivity contribution >= 4 is 17.2 Å². The molecule has 26 heavy (non-hydrogen) atoms. The zero-order chi connectivity index (χ0) is 17.9. The lowest BCUT2D eigenvalue weighted by molar-refractivity contribution is 0.0596. The second-order valence-electron chi connectivity index (χ2n) is 6.20.